The quantitative estimate of drug-likeness (QED) is 0.849. The second-order valence-corrected chi connectivity index (χ2v) is 4.81. The SMILES string of the molecule is CC(C)(Oc1ccc(Cl)c(Cl)c1)C(N)=S. The number of nitrogens with two attached hydrogens (primary N) is 1. The van der Waals surface area contributed by atoms with Crippen LogP contribution in [0, 0.1) is 0 Å². The van der Waals surface area contributed by atoms with Crippen LogP contribution in [0.3, 0.4) is 0 Å². The number of hydrogen-bond acceptors (Lipinski definition) is 2. The third kappa shape index (κ3) is 3.23. The van der Waals surface area contributed by atoms with E-state index < -0.39 is 5.60 Å². The van der Waals surface area contributed by atoms with Gasteiger partial charge in [0.2, 0.25) is 0 Å². The van der Waals surface area contributed by atoms with Gasteiger partial charge in [0, 0.05) is 6.07 Å². The maximum atomic E-state index is 5.85. The predicted molar refractivity (Wildman–Crippen MR) is 68.0 cm³/mol. The van der Waals surface area contributed by atoms with Crippen LogP contribution in [-0.2, 0) is 0 Å². The zero-order chi connectivity index (χ0) is 11.6. The molecule has 82 valence electrons. The van der Waals surface area contributed by atoms with Crippen molar-refractivity contribution in [2.75, 3.05) is 0 Å². The molecule has 0 radical (unpaired) electrons. The Morgan fingerprint density at radius 1 is 1.33 bits per heavy atom. The second kappa shape index (κ2) is 4.56. The van der Waals surface area contributed by atoms with Crippen LogP contribution in [0.2, 0.25) is 10.0 Å². The fraction of sp³-hybridized carbons (Fsp3) is 0.300. The fourth-order valence-corrected chi connectivity index (χ4v) is 1.22. The molecule has 0 saturated heterocycles. The Hall–Kier alpha value is -0.510. The van der Waals surface area contributed by atoms with Gasteiger partial charge in [0.15, 0.2) is 5.60 Å². The first-order valence-corrected chi connectivity index (χ1v) is 5.43. The van der Waals surface area contributed by atoms with Crippen molar-refractivity contribution in [3.63, 3.8) is 0 Å². The Morgan fingerprint density at radius 2 is 1.93 bits per heavy atom. The largest absolute Gasteiger partial charge is 0.481 e. The molecule has 0 amide bonds. The van der Waals surface area contributed by atoms with E-state index >= 15 is 0 Å². The van der Waals surface area contributed by atoms with Gasteiger partial charge in [-0.3, -0.25) is 0 Å². The molecule has 0 bridgehead atoms. The smallest absolute Gasteiger partial charge is 0.153 e. The van der Waals surface area contributed by atoms with E-state index in [-0.39, 0.29) is 4.99 Å². The highest BCUT2D eigenvalue weighted by atomic mass is 35.5. The van der Waals surface area contributed by atoms with E-state index in [9.17, 15) is 0 Å². The maximum absolute atomic E-state index is 5.85. The highest BCUT2D eigenvalue weighted by molar-refractivity contribution is 7.80. The van der Waals surface area contributed by atoms with Crippen molar-refractivity contribution in [2.24, 2.45) is 5.73 Å². The zero-order valence-electron chi connectivity index (χ0n) is 8.38. The summed E-state index contributed by atoms with van der Waals surface area (Å²) in [6.07, 6.45) is 0. The van der Waals surface area contributed by atoms with E-state index in [1.54, 1.807) is 32.0 Å². The summed E-state index contributed by atoms with van der Waals surface area (Å²) in [5.41, 5.74) is 4.83. The molecular weight excluding hydrogens is 253 g/mol. The van der Waals surface area contributed by atoms with Crippen LogP contribution < -0.4 is 10.5 Å². The summed E-state index contributed by atoms with van der Waals surface area (Å²) in [5, 5.41) is 0.921. The molecule has 0 heterocycles. The summed E-state index contributed by atoms with van der Waals surface area (Å²) >= 11 is 16.5. The molecule has 2 N–H and O–H groups in total. The van der Waals surface area contributed by atoms with Gasteiger partial charge in [-0.25, -0.2) is 0 Å². The van der Waals surface area contributed by atoms with Gasteiger partial charge in [-0.1, -0.05) is 35.4 Å². The normalized spacial score (nSPS) is 11.2. The van der Waals surface area contributed by atoms with E-state index in [1.165, 1.54) is 0 Å². The molecule has 15 heavy (non-hydrogen) atoms. The van der Waals surface area contributed by atoms with E-state index in [0.29, 0.717) is 15.8 Å². The zero-order valence-corrected chi connectivity index (χ0v) is 10.7. The molecule has 0 aliphatic carbocycles. The van der Waals surface area contributed by atoms with Gasteiger partial charge in [0.1, 0.15) is 10.7 Å². The average molecular weight is 264 g/mol. The van der Waals surface area contributed by atoms with Crippen molar-refractivity contribution in [2.45, 2.75) is 19.4 Å². The first-order chi connectivity index (χ1) is 6.83. The highest BCUT2D eigenvalue weighted by Crippen LogP contribution is 2.28. The minimum absolute atomic E-state index is 0.286. The van der Waals surface area contributed by atoms with Crippen molar-refractivity contribution in [1.29, 1.82) is 0 Å². The summed E-state index contributed by atoms with van der Waals surface area (Å²) in [6.45, 7) is 3.58. The Bertz CT molecular complexity index is 393. The predicted octanol–water partition coefficient (Wildman–Crippen LogP) is 3.44. The number of rotatable bonds is 3. The van der Waals surface area contributed by atoms with Crippen molar-refractivity contribution < 1.29 is 4.74 Å². The van der Waals surface area contributed by atoms with Crippen LogP contribution in [0.1, 0.15) is 13.8 Å². The van der Waals surface area contributed by atoms with Crippen LogP contribution >= 0.6 is 35.4 Å². The van der Waals surface area contributed by atoms with E-state index in [2.05, 4.69) is 0 Å². The van der Waals surface area contributed by atoms with Crippen molar-refractivity contribution in [3.8, 4) is 5.75 Å². The Balaban J connectivity index is 2.91. The first kappa shape index (κ1) is 12.6. The van der Waals surface area contributed by atoms with Gasteiger partial charge < -0.3 is 10.5 Å². The molecule has 0 unspecified atom stereocenters. The van der Waals surface area contributed by atoms with Crippen LogP contribution in [0.25, 0.3) is 0 Å². The average Bonchev–Trinajstić information content (AvgIpc) is 2.10. The number of halogens is 2. The van der Waals surface area contributed by atoms with Gasteiger partial charge in [0.25, 0.3) is 0 Å². The molecule has 2 nitrogen and oxygen atoms in total. The molecule has 0 fully saturated rings. The van der Waals surface area contributed by atoms with E-state index in [0.717, 1.165) is 0 Å². The van der Waals surface area contributed by atoms with Crippen molar-refractivity contribution >= 4 is 40.4 Å². The molecular formula is C10H11Cl2NOS. The second-order valence-electron chi connectivity index (χ2n) is 3.55. The molecule has 0 aliphatic heterocycles. The number of benzene rings is 1. The molecule has 0 aliphatic rings. The van der Waals surface area contributed by atoms with E-state index in [1.807, 2.05) is 0 Å². The number of hydrogen-bond donors (Lipinski definition) is 1. The lowest BCUT2D eigenvalue weighted by Crippen LogP contribution is -2.42. The van der Waals surface area contributed by atoms with Gasteiger partial charge in [0.05, 0.1) is 10.0 Å². The van der Waals surface area contributed by atoms with E-state index in [4.69, 9.17) is 45.9 Å². The summed E-state index contributed by atoms with van der Waals surface area (Å²) in [6, 6.07) is 5.01. The van der Waals surface area contributed by atoms with Crippen LogP contribution in [0.15, 0.2) is 18.2 Å². The maximum Gasteiger partial charge on any atom is 0.153 e. The monoisotopic (exact) mass is 263 g/mol. The minimum atomic E-state index is -0.702. The van der Waals surface area contributed by atoms with Gasteiger partial charge in [-0.05, 0) is 26.0 Å². The summed E-state index contributed by atoms with van der Waals surface area (Å²) in [5.74, 6) is 0.585. The molecule has 0 atom stereocenters. The summed E-state index contributed by atoms with van der Waals surface area (Å²) in [4.78, 5) is 0.286. The Morgan fingerprint density at radius 3 is 2.40 bits per heavy atom. The minimum Gasteiger partial charge on any atom is -0.481 e. The lowest BCUT2D eigenvalue weighted by atomic mass is 10.1. The molecule has 0 aromatic heterocycles. The summed E-state index contributed by atoms with van der Waals surface area (Å²) < 4.78 is 5.59. The highest BCUT2D eigenvalue weighted by Gasteiger charge is 2.23. The molecule has 0 saturated carbocycles. The molecule has 0 spiro atoms. The Kier molecular flexibility index (Phi) is 3.82. The van der Waals surface area contributed by atoms with Crippen LogP contribution in [0.4, 0.5) is 0 Å². The van der Waals surface area contributed by atoms with Crippen LogP contribution in [-0.4, -0.2) is 10.6 Å². The molecule has 1 aromatic rings. The topological polar surface area (TPSA) is 35.2 Å². The summed E-state index contributed by atoms with van der Waals surface area (Å²) in [7, 11) is 0. The molecule has 5 heteroatoms. The number of thiocarbonyl (C=S) groups is 1. The number of ether oxygens (including phenoxy) is 1. The van der Waals surface area contributed by atoms with Crippen LogP contribution in [0.5, 0.6) is 5.75 Å². The molecule has 1 rings (SSSR count). The van der Waals surface area contributed by atoms with Gasteiger partial charge in [-0.2, -0.15) is 0 Å². The molecule has 1 aromatic carbocycles. The van der Waals surface area contributed by atoms with Crippen molar-refractivity contribution in [1.82, 2.24) is 0 Å². The van der Waals surface area contributed by atoms with Crippen molar-refractivity contribution in [3.05, 3.63) is 28.2 Å². The lowest BCUT2D eigenvalue weighted by Gasteiger charge is -2.25. The third-order valence-corrected chi connectivity index (χ3v) is 3.09. The fourth-order valence-electron chi connectivity index (χ4n) is 0.885. The Labute approximate surface area is 104 Å². The first-order valence-electron chi connectivity index (χ1n) is 4.27. The third-order valence-electron chi connectivity index (χ3n) is 1.86. The van der Waals surface area contributed by atoms with Gasteiger partial charge >= 0.3 is 0 Å². The standard InChI is InChI=1S/C10H11Cl2NOS/c1-10(2,9(13)15)14-6-3-4-7(11)8(12)5-6/h3-5H,1-2H3,(H2,13,15). The van der Waals surface area contributed by atoms with Gasteiger partial charge in [-0.15, -0.1) is 0 Å². The lowest BCUT2D eigenvalue weighted by molar-refractivity contribution is 0.184.